The van der Waals surface area contributed by atoms with E-state index in [-0.39, 0.29) is 18.3 Å². The average molecular weight is 508 g/mol. The van der Waals surface area contributed by atoms with Crippen molar-refractivity contribution in [2.45, 2.75) is 12.8 Å². The van der Waals surface area contributed by atoms with Gasteiger partial charge in [0, 0.05) is 38.3 Å². The molecule has 0 aromatic heterocycles. The van der Waals surface area contributed by atoms with Gasteiger partial charge in [0.05, 0.1) is 10.7 Å². The van der Waals surface area contributed by atoms with Crippen molar-refractivity contribution in [3.63, 3.8) is 0 Å². The van der Waals surface area contributed by atoms with Crippen LogP contribution in [0.1, 0.15) is 23.2 Å². The van der Waals surface area contributed by atoms with Crippen molar-refractivity contribution in [3.8, 4) is 0 Å². The van der Waals surface area contributed by atoms with E-state index >= 15 is 0 Å². The molecule has 5 rings (SSSR count). The Hall–Kier alpha value is -2.79. The number of piperazine rings is 1. The lowest BCUT2D eigenvalue weighted by molar-refractivity contribution is 0.0952. The van der Waals surface area contributed by atoms with Crippen LogP contribution in [-0.2, 0) is 0 Å². The Morgan fingerprint density at radius 1 is 0.771 bits per heavy atom. The van der Waals surface area contributed by atoms with Gasteiger partial charge in [-0.2, -0.15) is 0 Å². The number of fused-ring (bicyclic) bond motifs is 2. The van der Waals surface area contributed by atoms with Crippen LogP contribution in [0.2, 0.25) is 5.02 Å². The number of para-hydroxylation sites is 1. The lowest BCUT2D eigenvalue weighted by atomic mass is 10.0. The monoisotopic (exact) mass is 507 g/mol. The number of carbonyl (C=O) groups is 1. The maximum atomic E-state index is 12.7. The first kappa shape index (κ1) is 25.3. The average Bonchev–Trinajstić information content (AvgIpc) is 2.87. The first-order valence-corrected chi connectivity index (χ1v) is 12.5. The lowest BCUT2D eigenvalue weighted by Gasteiger charge is -2.36. The molecule has 1 amide bonds. The standard InChI is InChI=1S/C29H30ClN3O.ClH/c30-27-9-3-4-10-28(27)33-17-15-32(16-18-33)14-6-5-13-31-29(34)25-12-11-24-19-22-7-1-2-8-23(22)20-26(24)21-25;/h1-4,7-12,19-21H,5-6,13-18H2,(H,31,34);1H. The van der Waals surface area contributed by atoms with E-state index in [0.717, 1.165) is 72.6 Å². The van der Waals surface area contributed by atoms with Crippen molar-refractivity contribution in [2.24, 2.45) is 0 Å². The van der Waals surface area contributed by atoms with Crippen LogP contribution in [0.15, 0.2) is 78.9 Å². The minimum atomic E-state index is 0. The molecule has 0 atom stereocenters. The fourth-order valence-electron chi connectivity index (χ4n) is 4.77. The molecule has 1 heterocycles. The summed E-state index contributed by atoms with van der Waals surface area (Å²) in [7, 11) is 0. The zero-order valence-corrected chi connectivity index (χ0v) is 21.3. The largest absolute Gasteiger partial charge is 0.368 e. The topological polar surface area (TPSA) is 35.6 Å². The third-order valence-electron chi connectivity index (χ3n) is 6.72. The van der Waals surface area contributed by atoms with Crippen LogP contribution in [0.25, 0.3) is 21.5 Å². The van der Waals surface area contributed by atoms with E-state index in [2.05, 4.69) is 51.5 Å². The maximum Gasteiger partial charge on any atom is 0.251 e. The first-order valence-electron chi connectivity index (χ1n) is 12.1. The van der Waals surface area contributed by atoms with E-state index in [0.29, 0.717) is 6.54 Å². The van der Waals surface area contributed by atoms with Crippen molar-refractivity contribution < 1.29 is 4.79 Å². The normalized spacial score (nSPS) is 14.1. The van der Waals surface area contributed by atoms with Gasteiger partial charge in [-0.25, -0.2) is 0 Å². The van der Waals surface area contributed by atoms with Gasteiger partial charge in [-0.05, 0) is 77.3 Å². The summed E-state index contributed by atoms with van der Waals surface area (Å²) >= 11 is 6.34. The second-order valence-electron chi connectivity index (χ2n) is 9.00. The van der Waals surface area contributed by atoms with Crippen LogP contribution < -0.4 is 10.2 Å². The number of hydrogen-bond donors (Lipinski definition) is 1. The quantitative estimate of drug-likeness (QED) is 0.232. The Labute approximate surface area is 218 Å². The van der Waals surface area contributed by atoms with Gasteiger partial charge in [-0.3, -0.25) is 9.69 Å². The van der Waals surface area contributed by atoms with Crippen molar-refractivity contribution in [2.75, 3.05) is 44.2 Å². The SMILES string of the molecule is Cl.O=C(NCCCCN1CCN(c2ccccc2Cl)CC1)c1ccc2cc3ccccc3cc2c1. The summed E-state index contributed by atoms with van der Waals surface area (Å²) in [5.41, 5.74) is 1.85. The number of benzene rings is 4. The van der Waals surface area contributed by atoms with Crippen molar-refractivity contribution in [1.82, 2.24) is 10.2 Å². The summed E-state index contributed by atoms with van der Waals surface area (Å²) in [6, 6.07) is 26.7. The van der Waals surface area contributed by atoms with Crippen LogP contribution in [0.4, 0.5) is 5.69 Å². The third kappa shape index (κ3) is 6.07. The second-order valence-corrected chi connectivity index (χ2v) is 9.41. The summed E-state index contributed by atoms with van der Waals surface area (Å²) in [4.78, 5) is 17.5. The molecule has 1 fully saturated rings. The number of halogens is 2. The van der Waals surface area contributed by atoms with Crippen LogP contribution in [-0.4, -0.2) is 50.1 Å². The van der Waals surface area contributed by atoms with Gasteiger partial charge < -0.3 is 10.2 Å². The Morgan fingerprint density at radius 2 is 1.43 bits per heavy atom. The van der Waals surface area contributed by atoms with Crippen molar-refractivity contribution >= 4 is 57.1 Å². The van der Waals surface area contributed by atoms with E-state index in [4.69, 9.17) is 11.6 Å². The Morgan fingerprint density at radius 3 is 2.17 bits per heavy atom. The van der Waals surface area contributed by atoms with Crippen LogP contribution >= 0.6 is 24.0 Å². The minimum Gasteiger partial charge on any atom is -0.368 e. The van der Waals surface area contributed by atoms with Gasteiger partial charge in [0.1, 0.15) is 0 Å². The molecule has 4 nitrogen and oxygen atoms in total. The zero-order valence-electron chi connectivity index (χ0n) is 19.8. The predicted octanol–water partition coefficient (Wildman–Crippen LogP) is 6.40. The Balaban J connectivity index is 0.00000289. The molecular formula is C29H31Cl2N3O. The van der Waals surface area contributed by atoms with Crippen LogP contribution in [0, 0.1) is 0 Å². The highest BCUT2D eigenvalue weighted by Crippen LogP contribution is 2.26. The van der Waals surface area contributed by atoms with Crippen molar-refractivity contribution in [3.05, 3.63) is 89.4 Å². The van der Waals surface area contributed by atoms with Gasteiger partial charge in [0.15, 0.2) is 0 Å². The number of anilines is 1. The number of nitrogens with one attached hydrogen (secondary N) is 1. The number of hydrogen-bond acceptors (Lipinski definition) is 3. The van der Waals surface area contributed by atoms with Gasteiger partial charge in [0.25, 0.3) is 5.91 Å². The zero-order chi connectivity index (χ0) is 23.3. The minimum absolute atomic E-state index is 0. The smallest absolute Gasteiger partial charge is 0.251 e. The number of rotatable bonds is 7. The number of unbranched alkanes of at least 4 members (excludes halogenated alkanes) is 1. The molecule has 182 valence electrons. The number of amides is 1. The molecular weight excluding hydrogens is 477 g/mol. The van der Waals surface area contributed by atoms with Gasteiger partial charge >= 0.3 is 0 Å². The van der Waals surface area contributed by atoms with Gasteiger partial charge in [-0.15, -0.1) is 12.4 Å². The second kappa shape index (κ2) is 11.8. The molecule has 0 spiro atoms. The lowest BCUT2D eigenvalue weighted by Crippen LogP contribution is -2.46. The Kier molecular flexibility index (Phi) is 8.50. The highest BCUT2D eigenvalue weighted by Gasteiger charge is 2.18. The predicted molar refractivity (Wildman–Crippen MR) is 150 cm³/mol. The molecule has 4 aromatic rings. The fraction of sp³-hybridized carbons (Fsp3) is 0.276. The third-order valence-corrected chi connectivity index (χ3v) is 7.04. The van der Waals surface area contributed by atoms with Gasteiger partial charge in [-0.1, -0.05) is 54.1 Å². The molecule has 1 aliphatic heterocycles. The molecule has 0 bridgehead atoms. The summed E-state index contributed by atoms with van der Waals surface area (Å²) in [5.74, 6) is 0.00316. The highest BCUT2D eigenvalue weighted by molar-refractivity contribution is 6.33. The molecule has 0 unspecified atom stereocenters. The van der Waals surface area contributed by atoms with E-state index in [1.54, 1.807) is 0 Å². The Bertz CT molecular complexity index is 1300. The van der Waals surface area contributed by atoms with E-state index in [1.807, 2.05) is 42.5 Å². The van der Waals surface area contributed by atoms with Crippen LogP contribution in [0.5, 0.6) is 0 Å². The van der Waals surface area contributed by atoms with Crippen molar-refractivity contribution in [1.29, 1.82) is 0 Å². The summed E-state index contributed by atoms with van der Waals surface area (Å²) < 4.78 is 0. The number of nitrogens with zero attached hydrogens (tertiary/aromatic N) is 2. The maximum absolute atomic E-state index is 12.7. The molecule has 6 heteroatoms. The summed E-state index contributed by atoms with van der Waals surface area (Å²) in [5, 5.41) is 8.59. The summed E-state index contributed by atoms with van der Waals surface area (Å²) in [6.07, 6.45) is 2.06. The molecule has 0 saturated carbocycles. The highest BCUT2D eigenvalue weighted by atomic mass is 35.5. The molecule has 1 saturated heterocycles. The molecule has 1 N–H and O–H groups in total. The van der Waals surface area contributed by atoms with E-state index < -0.39 is 0 Å². The number of carbonyl (C=O) groups excluding carboxylic acids is 1. The van der Waals surface area contributed by atoms with E-state index in [9.17, 15) is 4.79 Å². The van der Waals surface area contributed by atoms with Crippen LogP contribution in [0.3, 0.4) is 0 Å². The first-order chi connectivity index (χ1) is 16.7. The summed E-state index contributed by atoms with van der Waals surface area (Å²) in [6.45, 7) is 5.85. The molecule has 35 heavy (non-hydrogen) atoms. The molecule has 1 aliphatic rings. The molecule has 4 aromatic carbocycles. The fourth-order valence-corrected chi connectivity index (χ4v) is 5.02. The molecule has 0 radical (unpaired) electrons. The molecule has 0 aliphatic carbocycles. The van der Waals surface area contributed by atoms with E-state index in [1.165, 1.54) is 10.8 Å². The van der Waals surface area contributed by atoms with Gasteiger partial charge in [0.2, 0.25) is 0 Å².